The van der Waals surface area contributed by atoms with Crippen LogP contribution in [-0.4, -0.2) is 22.9 Å². The summed E-state index contributed by atoms with van der Waals surface area (Å²) in [5, 5.41) is 15.5. The molecule has 0 unspecified atom stereocenters. The van der Waals surface area contributed by atoms with Crippen LogP contribution in [0.25, 0.3) is 0 Å². The maximum atomic E-state index is 10.6. The fraction of sp³-hybridized carbons (Fsp3) is 0. The molecule has 0 aliphatic carbocycles. The van der Waals surface area contributed by atoms with Crippen molar-refractivity contribution in [2.45, 2.75) is 0 Å². The third kappa shape index (κ3) is 2.41. The lowest BCUT2D eigenvalue weighted by Crippen LogP contribution is -2.20. The molecule has 1 aromatic rings. The van der Waals surface area contributed by atoms with E-state index >= 15 is 0 Å². The fourth-order valence-electron chi connectivity index (χ4n) is 0.785. The summed E-state index contributed by atoms with van der Waals surface area (Å²) in [7, 11) is 0. The minimum Gasteiger partial charge on any atom is -0.473 e. The lowest BCUT2D eigenvalue weighted by Gasteiger charge is -2.01. The van der Waals surface area contributed by atoms with Crippen LogP contribution < -0.4 is 0 Å². The monoisotopic (exact) mass is 193 g/mol. The number of hydrogen-bond donors (Lipinski definition) is 2. The number of esters is 1. The molecule has 5 nitrogen and oxygen atoms in total. The highest BCUT2D eigenvalue weighted by molar-refractivity contribution is 6.31. The van der Waals surface area contributed by atoms with Gasteiger partial charge in [0.2, 0.25) is 5.90 Å². The van der Waals surface area contributed by atoms with E-state index in [1.54, 1.807) is 18.2 Å². The SMILES string of the molecule is N=C(OC(=O)C(=O)O)c1ccccc1. The molecular formula is C9H7NO4. The average molecular weight is 193 g/mol. The average Bonchev–Trinajstić information content (AvgIpc) is 2.19. The highest BCUT2D eigenvalue weighted by Crippen LogP contribution is 2.00. The predicted molar refractivity (Wildman–Crippen MR) is 47.0 cm³/mol. The summed E-state index contributed by atoms with van der Waals surface area (Å²) in [6, 6.07) is 8.11. The maximum absolute atomic E-state index is 10.6. The van der Waals surface area contributed by atoms with Gasteiger partial charge in [-0.05, 0) is 12.1 Å². The van der Waals surface area contributed by atoms with Gasteiger partial charge in [0.05, 0.1) is 0 Å². The molecule has 0 atom stereocenters. The van der Waals surface area contributed by atoms with Crippen molar-refractivity contribution >= 4 is 17.8 Å². The van der Waals surface area contributed by atoms with Crippen molar-refractivity contribution in [1.82, 2.24) is 0 Å². The summed E-state index contributed by atoms with van der Waals surface area (Å²) in [6.45, 7) is 0. The van der Waals surface area contributed by atoms with E-state index in [-0.39, 0.29) is 0 Å². The molecule has 5 heteroatoms. The molecule has 0 aliphatic heterocycles. The number of hydrogen-bond acceptors (Lipinski definition) is 4. The van der Waals surface area contributed by atoms with Crippen LogP contribution in [0, 0.1) is 5.41 Å². The molecule has 0 spiro atoms. The number of ether oxygens (including phenoxy) is 1. The first-order valence-corrected chi connectivity index (χ1v) is 3.70. The second-order valence-electron chi connectivity index (χ2n) is 2.39. The Hall–Kier alpha value is -2.17. The minimum atomic E-state index is -1.72. The van der Waals surface area contributed by atoms with Gasteiger partial charge in [0.25, 0.3) is 0 Å². The maximum Gasteiger partial charge on any atom is 0.424 e. The number of carbonyl (C=O) groups excluding carboxylic acids is 1. The lowest BCUT2D eigenvalue weighted by molar-refractivity contribution is -0.158. The number of carbonyl (C=O) groups is 2. The minimum absolute atomic E-state index is 0.349. The van der Waals surface area contributed by atoms with Gasteiger partial charge in [-0.3, -0.25) is 5.41 Å². The Morgan fingerprint density at radius 2 is 1.79 bits per heavy atom. The highest BCUT2D eigenvalue weighted by atomic mass is 16.6. The number of aliphatic carboxylic acids is 1. The van der Waals surface area contributed by atoms with Gasteiger partial charge < -0.3 is 9.84 Å². The Balaban J connectivity index is 2.69. The zero-order valence-corrected chi connectivity index (χ0v) is 7.06. The summed E-state index contributed by atoms with van der Waals surface area (Å²) in [6.07, 6.45) is 0. The van der Waals surface area contributed by atoms with Crippen molar-refractivity contribution in [3.63, 3.8) is 0 Å². The summed E-state index contributed by atoms with van der Waals surface area (Å²) in [5.41, 5.74) is 0.349. The number of benzene rings is 1. The molecule has 0 heterocycles. The summed E-state index contributed by atoms with van der Waals surface area (Å²) < 4.78 is 4.24. The van der Waals surface area contributed by atoms with Crippen LogP contribution >= 0.6 is 0 Å². The molecule has 1 aromatic carbocycles. The number of carboxylic acid groups (broad SMARTS) is 1. The zero-order chi connectivity index (χ0) is 10.6. The topological polar surface area (TPSA) is 87.5 Å². The molecule has 14 heavy (non-hydrogen) atoms. The van der Waals surface area contributed by atoms with Crippen LogP contribution in [0.3, 0.4) is 0 Å². The lowest BCUT2D eigenvalue weighted by atomic mass is 10.2. The number of carboxylic acids is 1. The van der Waals surface area contributed by atoms with Gasteiger partial charge in [0.1, 0.15) is 0 Å². The number of rotatable bonds is 1. The quantitative estimate of drug-likeness (QED) is 0.296. The highest BCUT2D eigenvalue weighted by Gasteiger charge is 2.16. The van der Waals surface area contributed by atoms with E-state index in [0.717, 1.165) is 0 Å². The molecule has 0 saturated carbocycles. The van der Waals surface area contributed by atoms with Gasteiger partial charge >= 0.3 is 11.9 Å². The van der Waals surface area contributed by atoms with Crippen molar-refractivity contribution in [3.8, 4) is 0 Å². The molecule has 0 amide bonds. The van der Waals surface area contributed by atoms with Crippen molar-refractivity contribution in [1.29, 1.82) is 5.41 Å². The fourth-order valence-corrected chi connectivity index (χ4v) is 0.785. The van der Waals surface area contributed by atoms with Gasteiger partial charge in [-0.2, -0.15) is 0 Å². The predicted octanol–water partition coefficient (Wildman–Crippen LogP) is 0.640. The Labute approximate surface area is 79.4 Å². The normalized spacial score (nSPS) is 9.14. The zero-order valence-electron chi connectivity index (χ0n) is 7.06. The Morgan fingerprint density at radius 1 is 1.21 bits per heavy atom. The van der Waals surface area contributed by atoms with Gasteiger partial charge in [-0.15, -0.1) is 0 Å². The van der Waals surface area contributed by atoms with Crippen LogP contribution in [0.4, 0.5) is 0 Å². The van der Waals surface area contributed by atoms with Gasteiger partial charge in [-0.1, -0.05) is 18.2 Å². The molecule has 0 radical (unpaired) electrons. The van der Waals surface area contributed by atoms with Crippen molar-refractivity contribution in [3.05, 3.63) is 35.9 Å². The first-order chi connectivity index (χ1) is 6.61. The molecule has 72 valence electrons. The first kappa shape index (κ1) is 9.91. The summed E-state index contributed by atoms with van der Waals surface area (Å²) >= 11 is 0. The Bertz CT molecular complexity index is 372. The van der Waals surface area contributed by atoms with E-state index in [4.69, 9.17) is 10.5 Å². The van der Waals surface area contributed by atoms with Crippen molar-refractivity contribution < 1.29 is 19.4 Å². The van der Waals surface area contributed by atoms with Crippen LogP contribution in [0.15, 0.2) is 30.3 Å². The molecule has 0 bridgehead atoms. The third-order valence-corrected chi connectivity index (χ3v) is 1.41. The van der Waals surface area contributed by atoms with Gasteiger partial charge in [-0.25, -0.2) is 9.59 Å². The van der Waals surface area contributed by atoms with Gasteiger partial charge in [0.15, 0.2) is 0 Å². The smallest absolute Gasteiger partial charge is 0.424 e. The van der Waals surface area contributed by atoms with E-state index in [9.17, 15) is 9.59 Å². The van der Waals surface area contributed by atoms with E-state index in [1.165, 1.54) is 12.1 Å². The van der Waals surface area contributed by atoms with E-state index < -0.39 is 17.8 Å². The van der Waals surface area contributed by atoms with Crippen molar-refractivity contribution in [2.75, 3.05) is 0 Å². The van der Waals surface area contributed by atoms with Crippen molar-refractivity contribution in [2.24, 2.45) is 0 Å². The second-order valence-corrected chi connectivity index (χ2v) is 2.39. The Morgan fingerprint density at radius 3 is 2.29 bits per heavy atom. The third-order valence-electron chi connectivity index (χ3n) is 1.41. The molecule has 0 aromatic heterocycles. The molecule has 1 rings (SSSR count). The standard InChI is InChI=1S/C9H7NO4/c10-7(14-9(13)8(11)12)6-4-2-1-3-5-6/h1-5,10H,(H,11,12). The van der Waals surface area contributed by atoms with Crippen LogP contribution in [0.2, 0.25) is 0 Å². The van der Waals surface area contributed by atoms with Gasteiger partial charge in [0, 0.05) is 5.56 Å². The number of nitrogens with one attached hydrogen (secondary N) is 1. The van der Waals surface area contributed by atoms with Crippen LogP contribution in [0.5, 0.6) is 0 Å². The molecule has 0 fully saturated rings. The first-order valence-electron chi connectivity index (χ1n) is 3.70. The van der Waals surface area contributed by atoms with E-state index in [1.807, 2.05) is 0 Å². The van der Waals surface area contributed by atoms with Crippen LogP contribution in [-0.2, 0) is 14.3 Å². The van der Waals surface area contributed by atoms with Crippen LogP contribution in [0.1, 0.15) is 5.56 Å². The molecule has 2 N–H and O–H groups in total. The molecule has 0 saturated heterocycles. The summed E-state index contributed by atoms with van der Waals surface area (Å²) in [4.78, 5) is 20.7. The second kappa shape index (κ2) is 4.18. The molecular weight excluding hydrogens is 186 g/mol. The van der Waals surface area contributed by atoms with E-state index in [0.29, 0.717) is 5.56 Å². The Kier molecular flexibility index (Phi) is 2.96. The molecule has 0 aliphatic rings. The largest absolute Gasteiger partial charge is 0.473 e. The summed E-state index contributed by atoms with van der Waals surface area (Å²) in [5.74, 6) is -3.65. The van der Waals surface area contributed by atoms with E-state index in [2.05, 4.69) is 4.74 Å².